The third kappa shape index (κ3) is 5.35. The zero-order chi connectivity index (χ0) is 36.6. The van der Waals surface area contributed by atoms with Gasteiger partial charge in [-0.05, 0) is 148 Å². The van der Waals surface area contributed by atoms with Crippen molar-refractivity contribution in [1.29, 1.82) is 0 Å². The summed E-state index contributed by atoms with van der Waals surface area (Å²) in [4.78, 5) is 15.9. The Balaban J connectivity index is 1.15. The number of anilines is 1. The quantitative estimate of drug-likeness (QED) is 0.284. The predicted octanol–water partition coefficient (Wildman–Crippen LogP) is 12.3. The van der Waals surface area contributed by atoms with Gasteiger partial charge in [-0.25, -0.2) is 9.98 Å². The lowest BCUT2D eigenvalue weighted by Gasteiger charge is -2.58. The van der Waals surface area contributed by atoms with Gasteiger partial charge in [0.1, 0.15) is 11.7 Å². The number of hydrogen-bond acceptors (Lipinski definition) is 4. The molecule has 0 aromatic carbocycles. The van der Waals surface area contributed by atoms with E-state index >= 15 is 0 Å². The van der Waals surface area contributed by atoms with Crippen LogP contribution in [0, 0.1) is 35.0 Å². The number of amidine groups is 1. The normalized spacial score (nSPS) is 35.4. The molecule has 280 valence electrons. The van der Waals surface area contributed by atoms with Gasteiger partial charge < -0.3 is 9.80 Å². The monoisotopic (exact) mass is 716 g/mol. The number of fused-ring (bicyclic) bond motifs is 1. The van der Waals surface area contributed by atoms with Crippen LogP contribution in [0.2, 0.25) is 0 Å². The Labute approximate surface area is 324 Å². The van der Waals surface area contributed by atoms with E-state index in [-0.39, 0.29) is 11.5 Å². The van der Waals surface area contributed by atoms with Gasteiger partial charge >= 0.3 is 0 Å². The highest BCUT2D eigenvalue weighted by Crippen LogP contribution is 2.64. The number of aromatic nitrogens is 1. The Kier molecular flexibility index (Phi) is 8.75. The topological polar surface area (TPSA) is 31.7 Å². The molecule has 4 heteroatoms. The van der Waals surface area contributed by atoms with E-state index in [1.165, 1.54) is 62.1 Å². The molecule has 9 aliphatic rings. The molecule has 0 bridgehead atoms. The van der Waals surface area contributed by atoms with E-state index in [4.69, 9.17) is 9.98 Å². The molecule has 54 heavy (non-hydrogen) atoms. The molecule has 2 fully saturated rings. The molecular weight excluding hydrogens is 657 g/mol. The van der Waals surface area contributed by atoms with Gasteiger partial charge in [-0.1, -0.05) is 93.0 Å². The molecule has 0 amide bonds. The molecule has 1 aromatic heterocycles. The minimum Gasteiger partial charge on any atom is -0.346 e. The van der Waals surface area contributed by atoms with Crippen LogP contribution < -0.4 is 4.90 Å². The molecule has 0 N–H and O–H groups in total. The molecule has 0 radical (unpaired) electrons. The number of aliphatic imine (C=N–C) groups is 1. The molecule has 1 aliphatic heterocycles. The molecule has 2 saturated carbocycles. The second-order valence-corrected chi connectivity index (χ2v) is 18.4. The molecular formula is C50H60N4. The van der Waals surface area contributed by atoms with Gasteiger partial charge in [0, 0.05) is 41.9 Å². The van der Waals surface area contributed by atoms with Gasteiger partial charge in [0.15, 0.2) is 0 Å². The number of allylic oxidation sites excluding steroid dienone is 11. The third-order valence-electron chi connectivity index (χ3n) is 15.5. The van der Waals surface area contributed by atoms with Crippen molar-refractivity contribution in [3.63, 3.8) is 0 Å². The average Bonchev–Trinajstić information content (AvgIpc) is 3.20. The van der Waals surface area contributed by atoms with Gasteiger partial charge in [0.05, 0.1) is 11.7 Å². The highest BCUT2D eigenvalue weighted by atomic mass is 15.3. The van der Waals surface area contributed by atoms with E-state index in [1.54, 1.807) is 39.1 Å². The van der Waals surface area contributed by atoms with Crippen molar-refractivity contribution in [3.05, 3.63) is 130 Å². The molecule has 1 aromatic rings. The summed E-state index contributed by atoms with van der Waals surface area (Å²) in [5.74, 6) is 5.51. The van der Waals surface area contributed by atoms with Crippen LogP contribution in [-0.2, 0) is 0 Å². The lowest BCUT2D eigenvalue weighted by atomic mass is 9.49. The smallest absolute Gasteiger partial charge is 0.129 e. The lowest BCUT2D eigenvalue weighted by molar-refractivity contribution is 0.162. The highest BCUT2D eigenvalue weighted by molar-refractivity contribution is 5.88. The largest absolute Gasteiger partial charge is 0.346 e. The van der Waals surface area contributed by atoms with Crippen LogP contribution in [0.5, 0.6) is 0 Å². The molecule has 8 aliphatic carbocycles. The van der Waals surface area contributed by atoms with Crippen LogP contribution in [0.15, 0.2) is 135 Å². The third-order valence-corrected chi connectivity index (χ3v) is 15.5. The molecule has 8 unspecified atom stereocenters. The first-order chi connectivity index (χ1) is 26.4. The SMILES string of the molecule is CC1=C2CCC3=C(N(C4=CCCC5=C4C=CCC5)C4=NC=CCC4)CC(C)C4C=CC(=C2C34C)C(N(c2ccccn2)C2CCCC3C(C)CC=CC32)C1. The van der Waals surface area contributed by atoms with Gasteiger partial charge in [0.25, 0.3) is 0 Å². The van der Waals surface area contributed by atoms with Crippen molar-refractivity contribution >= 4 is 11.7 Å². The van der Waals surface area contributed by atoms with Crippen molar-refractivity contribution in [2.45, 2.75) is 130 Å². The maximum absolute atomic E-state index is 5.19. The molecule has 8 atom stereocenters. The van der Waals surface area contributed by atoms with E-state index in [9.17, 15) is 0 Å². The Morgan fingerprint density at radius 3 is 2.61 bits per heavy atom. The van der Waals surface area contributed by atoms with Gasteiger partial charge in [0.2, 0.25) is 0 Å². The Bertz CT molecular complexity index is 2020. The fourth-order valence-electron chi connectivity index (χ4n) is 13.1. The van der Waals surface area contributed by atoms with Crippen LogP contribution >= 0.6 is 0 Å². The minimum absolute atomic E-state index is 0.0487. The summed E-state index contributed by atoms with van der Waals surface area (Å²) >= 11 is 0. The summed E-state index contributed by atoms with van der Waals surface area (Å²) in [6, 6.07) is 7.36. The van der Waals surface area contributed by atoms with Crippen molar-refractivity contribution in [3.8, 4) is 0 Å². The first kappa shape index (κ1) is 34.6. The van der Waals surface area contributed by atoms with E-state index in [0.29, 0.717) is 23.8 Å². The fourth-order valence-corrected chi connectivity index (χ4v) is 13.1. The maximum atomic E-state index is 5.19. The molecule has 0 spiro atoms. The van der Waals surface area contributed by atoms with E-state index in [0.717, 1.165) is 62.6 Å². The summed E-state index contributed by atoms with van der Waals surface area (Å²) in [6.45, 7) is 10.2. The van der Waals surface area contributed by atoms with Crippen LogP contribution in [0.25, 0.3) is 0 Å². The zero-order valence-corrected chi connectivity index (χ0v) is 33.2. The van der Waals surface area contributed by atoms with Gasteiger partial charge in [-0.3, -0.25) is 0 Å². The van der Waals surface area contributed by atoms with E-state index in [2.05, 4.69) is 111 Å². The summed E-state index contributed by atoms with van der Waals surface area (Å²) < 4.78 is 0. The minimum atomic E-state index is -0.0487. The average molecular weight is 717 g/mol. The number of hydrogen-bond donors (Lipinski definition) is 0. The van der Waals surface area contributed by atoms with Crippen molar-refractivity contribution in [2.75, 3.05) is 4.90 Å². The summed E-state index contributed by atoms with van der Waals surface area (Å²) in [5.41, 5.74) is 14.3. The maximum Gasteiger partial charge on any atom is 0.129 e. The molecule has 2 heterocycles. The standard InChI is InChI=1S/C50H60N4/c1-32-14-11-19-39-36(32)18-13-21-44(39)53(47-22-7-9-28-51-47)45-30-33(2)37-24-27-42-46(31-34(3)41-26-25-40(45)49(37)50(41,42)4)54(48-23-8-10-29-52-48)43-20-12-16-35-15-5-6-17-38(35)43/h6-7,9-11,17,19-20,22,25-26,28-29,32,34,36,39,41,44-45H,5,8,12-16,18,21,23-24,27,30-31H2,1-4H3. The van der Waals surface area contributed by atoms with Crippen molar-refractivity contribution < 1.29 is 0 Å². The Morgan fingerprint density at radius 2 is 1.76 bits per heavy atom. The first-order valence-corrected chi connectivity index (χ1v) is 21.7. The van der Waals surface area contributed by atoms with Crippen LogP contribution in [0.3, 0.4) is 0 Å². The van der Waals surface area contributed by atoms with Gasteiger partial charge in [-0.2, -0.15) is 0 Å². The predicted molar refractivity (Wildman–Crippen MR) is 224 cm³/mol. The molecule has 0 saturated heterocycles. The van der Waals surface area contributed by atoms with Crippen molar-refractivity contribution in [1.82, 2.24) is 9.88 Å². The summed E-state index contributed by atoms with van der Waals surface area (Å²) in [5, 5.41) is 0. The second-order valence-electron chi connectivity index (χ2n) is 18.4. The van der Waals surface area contributed by atoms with E-state index < -0.39 is 0 Å². The number of pyridine rings is 1. The first-order valence-electron chi connectivity index (χ1n) is 21.7. The van der Waals surface area contributed by atoms with Crippen molar-refractivity contribution in [2.24, 2.45) is 40.0 Å². The summed E-state index contributed by atoms with van der Waals surface area (Å²) in [6.07, 6.45) is 40.6. The van der Waals surface area contributed by atoms with Crippen LogP contribution in [-0.4, -0.2) is 27.8 Å². The Morgan fingerprint density at radius 1 is 0.870 bits per heavy atom. The number of nitrogens with zero attached hydrogens (tertiary/aromatic N) is 4. The second kappa shape index (κ2) is 13.7. The molecule has 4 nitrogen and oxygen atoms in total. The van der Waals surface area contributed by atoms with E-state index in [1.807, 2.05) is 6.20 Å². The highest BCUT2D eigenvalue weighted by Gasteiger charge is 2.55. The Hall–Kier alpha value is -3.92. The lowest BCUT2D eigenvalue weighted by Crippen LogP contribution is -2.55. The molecule has 10 rings (SSSR count). The fraction of sp³-hybridized carbons (Fsp3) is 0.520. The summed E-state index contributed by atoms with van der Waals surface area (Å²) in [7, 11) is 0. The number of rotatable bonds is 5. The van der Waals surface area contributed by atoms with Gasteiger partial charge in [-0.15, -0.1) is 0 Å². The van der Waals surface area contributed by atoms with Crippen LogP contribution in [0.1, 0.15) is 118 Å². The van der Waals surface area contributed by atoms with Crippen LogP contribution in [0.4, 0.5) is 5.82 Å². The zero-order valence-electron chi connectivity index (χ0n) is 33.2.